The van der Waals surface area contributed by atoms with Gasteiger partial charge in [-0.3, -0.25) is 4.79 Å². The van der Waals surface area contributed by atoms with Crippen LogP contribution in [0.1, 0.15) is 0 Å². The number of nitrogens with zero attached hydrogens (tertiary/aromatic N) is 1. The largest absolute Gasteiger partial charge is 0.480 e. The second-order valence-electron chi connectivity index (χ2n) is 2.34. The maximum absolute atomic E-state index is 12.5. The lowest BCUT2D eigenvalue weighted by atomic mass is 10.3. The highest BCUT2D eigenvalue weighted by molar-refractivity contribution is 5.94. The van der Waals surface area contributed by atoms with Gasteiger partial charge in [-0.2, -0.15) is 0 Å². The molecule has 0 aliphatic carbocycles. The molecule has 0 unspecified atom stereocenters. The van der Waals surface area contributed by atoms with Crippen molar-refractivity contribution >= 4 is 11.7 Å². The third-order valence-corrected chi connectivity index (χ3v) is 1.44. The molecule has 0 fully saturated rings. The topological polar surface area (TPSA) is 51.2 Å². The van der Waals surface area contributed by atoms with Crippen molar-refractivity contribution in [3.63, 3.8) is 0 Å². The number of carbonyl (C=O) groups excluding carboxylic acids is 1. The fraction of sp³-hybridized carbons (Fsp3) is 0.143. The van der Waals surface area contributed by atoms with Crippen molar-refractivity contribution in [2.24, 2.45) is 0 Å². The molecule has 0 atom stereocenters. The summed E-state index contributed by atoms with van der Waals surface area (Å²) in [4.78, 5) is 14.4. The van der Waals surface area contributed by atoms with E-state index in [2.05, 4.69) is 10.3 Å². The van der Waals surface area contributed by atoms with Gasteiger partial charge in [0.05, 0.1) is 6.20 Å². The van der Waals surface area contributed by atoms with Gasteiger partial charge in [-0.1, -0.05) is 0 Å². The number of hydrogen-bond donors (Lipinski definition) is 1. The van der Waals surface area contributed by atoms with E-state index >= 15 is 0 Å². The molecule has 1 aliphatic heterocycles. The number of pyridine rings is 1. The summed E-state index contributed by atoms with van der Waals surface area (Å²) in [5.74, 6) is -0.214. The van der Waals surface area contributed by atoms with Crippen LogP contribution in [-0.4, -0.2) is 17.5 Å². The van der Waals surface area contributed by atoms with Crippen LogP contribution < -0.4 is 10.1 Å². The molecule has 0 radical (unpaired) electrons. The molecule has 1 aliphatic rings. The van der Waals surface area contributed by atoms with E-state index in [1.165, 1.54) is 6.07 Å². The number of amides is 1. The Bertz CT molecular complexity index is 340. The number of aromatic nitrogens is 1. The number of hydrogen-bond acceptors (Lipinski definition) is 3. The summed E-state index contributed by atoms with van der Waals surface area (Å²) in [5, 5.41) is 2.45. The van der Waals surface area contributed by atoms with Gasteiger partial charge >= 0.3 is 0 Å². The van der Waals surface area contributed by atoms with Gasteiger partial charge in [0, 0.05) is 6.07 Å². The molecule has 1 aromatic heterocycles. The van der Waals surface area contributed by atoms with Gasteiger partial charge in [-0.25, -0.2) is 9.37 Å². The number of rotatable bonds is 0. The standard InChI is InChI=1S/C7H5FN2O2/c8-4-1-5-7(9-2-4)10-6(11)3-12-5/h1-2H,3H2,(H,9,10,11). The first-order chi connectivity index (χ1) is 5.75. The maximum Gasteiger partial charge on any atom is 0.263 e. The van der Waals surface area contributed by atoms with Crippen molar-refractivity contribution in [3.8, 4) is 5.75 Å². The normalized spacial score (nSPS) is 14.6. The maximum atomic E-state index is 12.5. The molecule has 0 bridgehead atoms. The first-order valence-corrected chi connectivity index (χ1v) is 3.34. The summed E-state index contributed by atoms with van der Waals surface area (Å²) < 4.78 is 17.4. The van der Waals surface area contributed by atoms with E-state index in [0.717, 1.165) is 6.20 Å². The van der Waals surface area contributed by atoms with E-state index in [0.29, 0.717) is 0 Å². The molecule has 0 aromatic carbocycles. The number of halogens is 1. The average Bonchev–Trinajstić information content (AvgIpc) is 2.05. The third kappa shape index (κ3) is 1.09. The summed E-state index contributed by atoms with van der Waals surface area (Å²) in [6, 6.07) is 1.18. The number of fused-ring (bicyclic) bond motifs is 1. The molecule has 0 saturated heterocycles. The number of nitrogens with one attached hydrogen (secondary N) is 1. The minimum Gasteiger partial charge on any atom is -0.480 e. The summed E-state index contributed by atoms with van der Waals surface area (Å²) in [6.07, 6.45) is 1.02. The summed E-state index contributed by atoms with van der Waals surface area (Å²) in [6.45, 7) is -0.0852. The van der Waals surface area contributed by atoms with Gasteiger partial charge in [0.15, 0.2) is 18.2 Å². The zero-order valence-corrected chi connectivity index (χ0v) is 6.00. The quantitative estimate of drug-likeness (QED) is 0.615. The van der Waals surface area contributed by atoms with Gasteiger partial charge in [-0.15, -0.1) is 0 Å². The van der Waals surface area contributed by atoms with Crippen molar-refractivity contribution < 1.29 is 13.9 Å². The molecule has 1 amide bonds. The Morgan fingerprint density at radius 3 is 3.33 bits per heavy atom. The molecule has 0 saturated carbocycles. The lowest BCUT2D eigenvalue weighted by Crippen LogP contribution is -2.26. The molecule has 4 nitrogen and oxygen atoms in total. The van der Waals surface area contributed by atoms with Crippen molar-refractivity contribution in [2.45, 2.75) is 0 Å². The Balaban J connectivity index is 2.43. The molecule has 5 heteroatoms. The molecule has 1 aromatic rings. The zero-order chi connectivity index (χ0) is 8.55. The minimum atomic E-state index is -0.482. The van der Waals surface area contributed by atoms with Gasteiger partial charge < -0.3 is 10.1 Å². The lowest BCUT2D eigenvalue weighted by Gasteiger charge is -2.15. The second kappa shape index (κ2) is 2.44. The molecule has 62 valence electrons. The fourth-order valence-electron chi connectivity index (χ4n) is 0.936. The van der Waals surface area contributed by atoms with Crippen LogP contribution in [0.2, 0.25) is 0 Å². The van der Waals surface area contributed by atoms with E-state index in [1.54, 1.807) is 0 Å². The smallest absolute Gasteiger partial charge is 0.263 e. The molecule has 2 heterocycles. The predicted octanol–water partition coefficient (Wildman–Crippen LogP) is 0.552. The van der Waals surface area contributed by atoms with Crippen molar-refractivity contribution in [2.75, 3.05) is 11.9 Å². The van der Waals surface area contributed by atoms with Crippen molar-refractivity contribution in [1.29, 1.82) is 0 Å². The van der Waals surface area contributed by atoms with Crippen LogP contribution in [0.5, 0.6) is 5.75 Å². The van der Waals surface area contributed by atoms with Crippen LogP contribution in [0.25, 0.3) is 0 Å². The van der Waals surface area contributed by atoms with Gasteiger partial charge in [0.2, 0.25) is 0 Å². The van der Waals surface area contributed by atoms with Crippen LogP contribution in [-0.2, 0) is 4.79 Å². The molecule has 0 spiro atoms. The van der Waals surface area contributed by atoms with E-state index in [-0.39, 0.29) is 24.1 Å². The Morgan fingerprint density at radius 1 is 1.67 bits per heavy atom. The van der Waals surface area contributed by atoms with Gasteiger partial charge in [0.25, 0.3) is 5.91 Å². The van der Waals surface area contributed by atoms with E-state index in [4.69, 9.17) is 4.74 Å². The van der Waals surface area contributed by atoms with Gasteiger partial charge in [0.1, 0.15) is 5.82 Å². The van der Waals surface area contributed by atoms with E-state index < -0.39 is 5.82 Å². The zero-order valence-electron chi connectivity index (χ0n) is 6.00. The lowest BCUT2D eigenvalue weighted by molar-refractivity contribution is -0.118. The summed E-state index contributed by atoms with van der Waals surface area (Å²) >= 11 is 0. The number of carbonyl (C=O) groups is 1. The predicted molar refractivity (Wildman–Crippen MR) is 38.3 cm³/mol. The van der Waals surface area contributed by atoms with Crippen LogP contribution >= 0.6 is 0 Å². The number of ether oxygens (including phenoxy) is 1. The highest BCUT2D eigenvalue weighted by Gasteiger charge is 2.16. The van der Waals surface area contributed by atoms with E-state index in [1.807, 2.05) is 0 Å². The number of anilines is 1. The summed E-state index contributed by atoms with van der Waals surface area (Å²) in [5.41, 5.74) is 0. The van der Waals surface area contributed by atoms with Gasteiger partial charge in [-0.05, 0) is 0 Å². The second-order valence-corrected chi connectivity index (χ2v) is 2.34. The molecular weight excluding hydrogens is 163 g/mol. The van der Waals surface area contributed by atoms with E-state index in [9.17, 15) is 9.18 Å². The SMILES string of the molecule is O=C1COc2cc(F)cnc2N1. The molecular formula is C7H5FN2O2. The molecule has 12 heavy (non-hydrogen) atoms. The van der Waals surface area contributed by atoms with Crippen LogP contribution in [0, 0.1) is 5.82 Å². The van der Waals surface area contributed by atoms with Crippen LogP contribution in [0.3, 0.4) is 0 Å². The fourth-order valence-corrected chi connectivity index (χ4v) is 0.936. The Hall–Kier alpha value is -1.65. The van der Waals surface area contributed by atoms with Crippen molar-refractivity contribution in [1.82, 2.24) is 4.98 Å². The highest BCUT2D eigenvalue weighted by atomic mass is 19.1. The Labute approximate surface area is 67.4 Å². The Morgan fingerprint density at radius 2 is 2.50 bits per heavy atom. The van der Waals surface area contributed by atoms with Crippen molar-refractivity contribution in [3.05, 3.63) is 18.1 Å². The Kier molecular flexibility index (Phi) is 1.43. The molecule has 1 N–H and O–H groups in total. The first-order valence-electron chi connectivity index (χ1n) is 3.34. The average molecular weight is 168 g/mol. The minimum absolute atomic E-state index is 0.0852. The highest BCUT2D eigenvalue weighted by Crippen LogP contribution is 2.24. The summed E-state index contributed by atoms with van der Waals surface area (Å²) in [7, 11) is 0. The van der Waals surface area contributed by atoms with Crippen LogP contribution in [0.4, 0.5) is 10.2 Å². The molecule has 2 rings (SSSR count). The first kappa shape index (κ1) is 7.02. The monoisotopic (exact) mass is 168 g/mol. The van der Waals surface area contributed by atoms with Crippen LogP contribution in [0.15, 0.2) is 12.3 Å². The third-order valence-electron chi connectivity index (χ3n) is 1.44.